The van der Waals surface area contributed by atoms with Gasteiger partial charge in [0.05, 0.1) is 5.76 Å². The van der Waals surface area contributed by atoms with Crippen molar-refractivity contribution >= 4 is 21.7 Å². The fraction of sp³-hybridized carbons (Fsp3) is 0.167. The molecule has 2 aromatic rings. The van der Waals surface area contributed by atoms with Crippen molar-refractivity contribution < 1.29 is 9.90 Å². The van der Waals surface area contributed by atoms with Gasteiger partial charge in [-0.3, -0.25) is 4.79 Å². The van der Waals surface area contributed by atoms with Crippen LogP contribution in [0.15, 0.2) is 64.8 Å². The van der Waals surface area contributed by atoms with Crippen molar-refractivity contribution in [1.82, 2.24) is 0 Å². The number of aliphatic hydroxyl groups excluding tert-OH is 1. The van der Waals surface area contributed by atoms with Crippen LogP contribution < -0.4 is 0 Å². The number of carbonyl (C=O) groups is 1. The lowest BCUT2D eigenvalue weighted by molar-refractivity contribution is -0.112. The smallest absolute Gasteiger partial charge is 0.155 e. The average molecular weight is 345 g/mol. The first kappa shape index (κ1) is 15.5. The Hall–Kier alpha value is -1.87. The Morgan fingerprint density at radius 2 is 1.86 bits per heavy atom. The highest BCUT2D eigenvalue weighted by Crippen LogP contribution is 2.27. The van der Waals surface area contributed by atoms with Crippen molar-refractivity contribution in [3.05, 3.63) is 70.4 Å². The molecule has 0 spiro atoms. The molecule has 2 nitrogen and oxygen atoms in total. The van der Waals surface area contributed by atoms with Crippen LogP contribution in [-0.4, -0.2) is 10.9 Å². The van der Waals surface area contributed by atoms with Crippen LogP contribution in [0.2, 0.25) is 0 Å². The molecule has 0 aliphatic rings. The van der Waals surface area contributed by atoms with Gasteiger partial charge in [-0.05, 0) is 36.1 Å². The first-order valence-electron chi connectivity index (χ1n) is 6.80. The molecule has 2 aromatic carbocycles. The standard InChI is InChI=1S/C18H17BrO2/c1-13(20)11-17(21)10-9-15-7-8-16(12-18(15)19)14-5-3-2-4-6-14/h2-8,11-12,21H,9-10H2,1H3. The average Bonchev–Trinajstić information content (AvgIpc) is 2.46. The minimum atomic E-state index is -0.133. The van der Waals surface area contributed by atoms with Gasteiger partial charge in [-0.15, -0.1) is 0 Å². The highest BCUT2D eigenvalue weighted by atomic mass is 79.9. The minimum absolute atomic E-state index is 0.126. The molecule has 21 heavy (non-hydrogen) atoms. The molecule has 1 N–H and O–H groups in total. The fourth-order valence-electron chi connectivity index (χ4n) is 2.13. The summed E-state index contributed by atoms with van der Waals surface area (Å²) in [7, 11) is 0. The molecular formula is C18H17BrO2. The molecule has 108 valence electrons. The lowest BCUT2D eigenvalue weighted by Gasteiger charge is -2.08. The Kier molecular flexibility index (Phi) is 5.34. The van der Waals surface area contributed by atoms with Crippen LogP contribution in [0.3, 0.4) is 0 Å². The van der Waals surface area contributed by atoms with Crippen LogP contribution in [0.25, 0.3) is 11.1 Å². The van der Waals surface area contributed by atoms with Crippen molar-refractivity contribution in [2.75, 3.05) is 0 Å². The lowest BCUT2D eigenvalue weighted by Crippen LogP contribution is -1.93. The van der Waals surface area contributed by atoms with E-state index in [0.717, 1.165) is 15.6 Å². The molecule has 0 fully saturated rings. The molecule has 0 heterocycles. The van der Waals surface area contributed by atoms with Crippen molar-refractivity contribution in [2.45, 2.75) is 19.8 Å². The number of ketones is 1. The quantitative estimate of drug-likeness (QED) is 0.606. The number of carbonyl (C=O) groups excluding carboxylic acids is 1. The zero-order chi connectivity index (χ0) is 15.2. The number of rotatable bonds is 5. The number of aryl methyl sites for hydroxylation is 1. The normalized spacial score (nSPS) is 11.4. The Labute approximate surface area is 133 Å². The van der Waals surface area contributed by atoms with Gasteiger partial charge in [0.15, 0.2) is 5.78 Å². The number of halogens is 1. The SMILES string of the molecule is CC(=O)C=C(O)CCc1ccc(-c2ccccc2)cc1Br. The van der Waals surface area contributed by atoms with Gasteiger partial charge in [-0.25, -0.2) is 0 Å². The van der Waals surface area contributed by atoms with Gasteiger partial charge in [0.1, 0.15) is 0 Å². The van der Waals surface area contributed by atoms with E-state index in [1.807, 2.05) is 24.3 Å². The van der Waals surface area contributed by atoms with Gasteiger partial charge in [-0.2, -0.15) is 0 Å². The molecule has 0 aliphatic heterocycles. The summed E-state index contributed by atoms with van der Waals surface area (Å²) in [5, 5.41) is 9.63. The van der Waals surface area contributed by atoms with Gasteiger partial charge >= 0.3 is 0 Å². The second-order valence-electron chi connectivity index (χ2n) is 4.92. The monoisotopic (exact) mass is 344 g/mol. The van der Waals surface area contributed by atoms with E-state index in [1.54, 1.807) is 0 Å². The first-order valence-corrected chi connectivity index (χ1v) is 7.59. The molecule has 0 saturated heterocycles. The maximum Gasteiger partial charge on any atom is 0.155 e. The topological polar surface area (TPSA) is 37.3 Å². The van der Waals surface area contributed by atoms with E-state index in [-0.39, 0.29) is 11.5 Å². The van der Waals surface area contributed by atoms with E-state index in [9.17, 15) is 9.90 Å². The molecule has 0 bridgehead atoms. The lowest BCUT2D eigenvalue weighted by atomic mass is 10.0. The van der Waals surface area contributed by atoms with Gasteiger partial charge in [0.25, 0.3) is 0 Å². The molecule has 2 rings (SSSR count). The summed E-state index contributed by atoms with van der Waals surface area (Å²) < 4.78 is 1.01. The Morgan fingerprint density at radius 1 is 1.14 bits per heavy atom. The Bertz CT molecular complexity index is 660. The van der Waals surface area contributed by atoms with Crippen LogP contribution in [0.4, 0.5) is 0 Å². The molecule has 0 aromatic heterocycles. The van der Waals surface area contributed by atoms with Gasteiger partial charge in [0.2, 0.25) is 0 Å². The maximum absolute atomic E-state index is 10.9. The summed E-state index contributed by atoms with van der Waals surface area (Å²) in [5.74, 6) is -0.00692. The van der Waals surface area contributed by atoms with E-state index in [1.165, 1.54) is 18.6 Å². The zero-order valence-corrected chi connectivity index (χ0v) is 13.4. The number of benzene rings is 2. The summed E-state index contributed by atoms with van der Waals surface area (Å²) in [6, 6.07) is 16.4. The zero-order valence-electron chi connectivity index (χ0n) is 11.8. The number of hydrogen-bond acceptors (Lipinski definition) is 2. The molecule has 0 aliphatic carbocycles. The van der Waals surface area contributed by atoms with E-state index in [2.05, 4.69) is 40.2 Å². The summed E-state index contributed by atoms with van der Waals surface area (Å²) in [4.78, 5) is 10.9. The van der Waals surface area contributed by atoms with Gasteiger partial charge < -0.3 is 5.11 Å². The number of hydrogen-bond donors (Lipinski definition) is 1. The van der Waals surface area contributed by atoms with E-state index in [0.29, 0.717) is 12.8 Å². The van der Waals surface area contributed by atoms with E-state index >= 15 is 0 Å². The second kappa shape index (κ2) is 7.23. The third kappa shape index (κ3) is 4.57. The molecular weight excluding hydrogens is 328 g/mol. The molecule has 3 heteroatoms. The van der Waals surface area contributed by atoms with Crippen molar-refractivity contribution in [1.29, 1.82) is 0 Å². The highest BCUT2D eigenvalue weighted by Gasteiger charge is 2.05. The van der Waals surface area contributed by atoms with Crippen molar-refractivity contribution in [3.8, 4) is 11.1 Å². The van der Waals surface area contributed by atoms with Crippen LogP contribution in [-0.2, 0) is 11.2 Å². The third-order valence-electron chi connectivity index (χ3n) is 3.18. The van der Waals surface area contributed by atoms with Gasteiger partial charge in [-0.1, -0.05) is 58.4 Å². The van der Waals surface area contributed by atoms with Crippen molar-refractivity contribution in [3.63, 3.8) is 0 Å². The van der Waals surface area contributed by atoms with Crippen LogP contribution >= 0.6 is 15.9 Å². The molecule has 0 radical (unpaired) electrons. The Balaban J connectivity index is 2.12. The largest absolute Gasteiger partial charge is 0.512 e. The first-order chi connectivity index (χ1) is 10.1. The molecule has 0 atom stereocenters. The second-order valence-corrected chi connectivity index (χ2v) is 5.77. The van der Waals surface area contributed by atoms with Crippen molar-refractivity contribution in [2.24, 2.45) is 0 Å². The number of aliphatic hydroxyl groups is 1. The fourth-order valence-corrected chi connectivity index (χ4v) is 2.71. The Morgan fingerprint density at radius 3 is 2.48 bits per heavy atom. The van der Waals surface area contributed by atoms with Crippen LogP contribution in [0.1, 0.15) is 18.9 Å². The molecule has 0 saturated carbocycles. The summed E-state index contributed by atoms with van der Waals surface area (Å²) >= 11 is 3.58. The summed E-state index contributed by atoms with van der Waals surface area (Å²) in [6.07, 6.45) is 2.42. The third-order valence-corrected chi connectivity index (χ3v) is 3.92. The highest BCUT2D eigenvalue weighted by molar-refractivity contribution is 9.10. The molecule has 0 amide bonds. The van der Waals surface area contributed by atoms with Gasteiger partial charge in [0, 0.05) is 17.0 Å². The summed E-state index contributed by atoms with van der Waals surface area (Å²) in [5.41, 5.74) is 3.43. The number of allylic oxidation sites excluding steroid dienone is 2. The predicted molar refractivity (Wildman–Crippen MR) is 89.3 cm³/mol. The van der Waals surface area contributed by atoms with E-state index in [4.69, 9.17) is 0 Å². The van der Waals surface area contributed by atoms with Crippen LogP contribution in [0, 0.1) is 0 Å². The minimum Gasteiger partial charge on any atom is -0.512 e. The summed E-state index contributed by atoms with van der Waals surface area (Å²) in [6.45, 7) is 1.43. The maximum atomic E-state index is 10.9. The van der Waals surface area contributed by atoms with Crippen LogP contribution in [0.5, 0.6) is 0 Å². The molecule has 0 unspecified atom stereocenters. The van der Waals surface area contributed by atoms with E-state index < -0.39 is 0 Å². The predicted octanol–water partition coefficient (Wildman–Crippen LogP) is 5.08.